The molecule has 0 aliphatic carbocycles. The molecule has 0 spiro atoms. The van der Waals surface area contributed by atoms with E-state index in [0.717, 1.165) is 5.56 Å². The van der Waals surface area contributed by atoms with Crippen molar-refractivity contribution < 1.29 is 23.9 Å². The highest BCUT2D eigenvalue weighted by molar-refractivity contribution is 7.98. The molecule has 1 aliphatic heterocycles. The summed E-state index contributed by atoms with van der Waals surface area (Å²) in [6, 6.07) is 11.3. The quantitative estimate of drug-likeness (QED) is 0.380. The van der Waals surface area contributed by atoms with Gasteiger partial charge in [-0.1, -0.05) is 44.2 Å². The van der Waals surface area contributed by atoms with Gasteiger partial charge in [-0.25, -0.2) is 14.5 Å². The molecular weight excluding hydrogens is 582 g/mol. The van der Waals surface area contributed by atoms with Crippen LogP contribution in [0, 0.1) is 5.92 Å². The number of nitrogens with one attached hydrogen (secondary N) is 2. The molecule has 2 N–H and O–H groups in total. The lowest BCUT2D eigenvalue weighted by Crippen LogP contribution is -2.49. The number of methoxy groups -OCH3 is 1. The molecule has 0 saturated carbocycles. The van der Waals surface area contributed by atoms with E-state index < -0.39 is 18.1 Å². The molecular formula is C31H39N7O5S. The predicted molar refractivity (Wildman–Crippen MR) is 167 cm³/mol. The first-order valence-electron chi connectivity index (χ1n) is 14.6. The third kappa shape index (κ3) is 8.22. The summed E-state index contributed by atoms with van der Waals surface area (Å²) in [6.45, 7) is 4.80. The number of carbonyl (C=O) groups is 4. The Morgan fingerprint density at radius 3 is 2.50 bits per heavy atom. The number of aromatic nitrogens is 4. The lowest BCUT2D eigenvalue weighted by atomic mass is 10.0. The van der Waals surface area contributed by atoms with Crippen molar-refractivity contribution in [3.05, 3.63) is 65.7 Å². The van der Waals surface area contributed by atoms with Crippen molar-refractivity contribution in [2.45, 2.75) is 51.7 Å². The van der Waals surface area contributed by atoms with Crippen LogP contribution in [0.25, 0.3) is 11.4 Å². The zero-order valence-electron chi connectivity index (χ0n) is 25.5. The first-order valence-corrected chi connectivity index (χ1v) is 16.0. The van der Waals surface area contributed by atoms with Crippen molar-refractivity contribution in [2.75, 3.05) is 32.2 Å². The second kappa shape index (κ2) is 15.5. The van der Waals surface area contributed by atoms with Crippen molar-refractivity contribution in [3.8, 4) is 11.4 Å². The number of rotatable bonds is 7. The summed E-state index contributed by atoms with van der Waals surface area (Å²) in [6.07, 6.45) is 4.26. The van der Waals surface area contributed by atoms with Crippen LogP contribution in [0.2, 0.25) is 0 Å². The maximum atomic E-state index is 13.6. The molecule has 0 radical (unpaired) electrons. The minimum absolute atomic E-state index is 0.0504. The summed E-state index contributed by atoms with van der Waals surface area (Å²) in [5.74, 6) is 0.307. The highest BCUT2D eigenvalue weighted by Gasteiger charge is 2.30. The van der Waals surface area contributed by atoms with Gasteiger partial charge in [-0.3, -0.25) is 19.4 Å². The first-order chi connectivity index (χ1) is 21.2. The van der Waals surface area contributed by atoms with Gasteiger partial charge in [-0.2, -0.15) is 16.9 Å². The predicted octanol–water partition coefficient (Wildman–Crippen LogP) is 3.11. The van der Waals surface area contributed by atoms with E-state index in [1.54, 1.807) is 21.3 Å². The molecule has 3 amide bonds. The van der Waals surface area contributed by atoms with Crippen LogP contribution in [-0.2, 0) is 20.9 Å². The van der Waals surface area contributed by atoms with Crippen LogP contribution >= 0.6 is 11.8 Å². The molecule has 1 aliphatic rings. The first kappa shape index (κ1) is 32.6. The number of amides is 3. The highest BCUT2D eigenvalue weighted by Crippen LogP contribution is 2.25. The Bertz CT molecular complexity index is 1450. The molecule has 12 nitrogen and oxygen atoms in total. The van der Waals surface area contributed by atoms with Crippen molar-refractivity contribution in [1.29, 1.82) is 0 Å². The molecule has 0 unspecified atom stereocenters. The van der Waals surface area contributed by atoms with Gasteiger partial charge in [-0.05, 0) is 42.9 Å². The molecule has 2 aromatic heterocycles. The number of pyridine rings is 1. The number of hydrogen-bond donors (Lipinski definition) is 2. The number of hydrogen-bond acceptors (Lipinski definition) is 9. The Balaban J connectivity index is 1.71. The summed E-state index contributed by atoms with van der Waals surface area (Å²) in [5.41, 5.74) is 1.23. The SMILES string of the molecule is COC(=O)c1ccc(C(=O)N2CCCC(=O)N[C@@H](CCSC)C(=O)N[C@H](C(C)C)c3nc(-c4ccccc4)nn3CC2)nc1. The monoisotopic (exact) mass is 621 g/mol. The number of carbonyl (C=O) groups excluding carboxylic acids is 4. The van der Waals surface area contributed by atoms with Gasteiger partial charge in [0.25, 0.3) is 5.91 Å². The average molecular weight is 622 g/mol. The van der Waals surface area contributed by atoms with Crippen LogP contribution in [0.15, 0.2) is 48.7 Å². The van der Waals surface area contributed by atoms with Crippen LogP contribution in [-0.4, -0.2) is 86.6 Å². The number of thioether (sulfide) groups is 1. The molecule has 3 aromatic rings. The normalized spacial score (nSPS) is 18.2. The van der Waals surface area contributed by atoms with Gasteiger partial charge in [-0.15, -0.1) is 0 Å². The number of ether oxygens (including phenoxy) is 1. The second-order valence-corrected chi connectivity index (χ2v) is 11.8. The molecule has 0 fully saturated rings. The number of nitrogens with zero attached hydrogens (tertiary/aromatic N) is 5. The zero-order chi connectivity index (χ0) is 31.6. The molecule has 234 valence electrons. The third-order valence-electron chi connectivity index (χ3n) is 7.34. The van der Waals surface area contributed by atoms with E-state index in [4.69, 9.17) is 14.8 Å². The van der Waals surface area contributed by atoms with Gasteiger partial charge in [0.15, 0.2) is 11.6 Å². The second-order valence-electron chi connectivity index (χ2n) is 10.8. The summed E-state index contributed by atoms with van der Waals surface area (Å²) >= 11 is 1.60. The highest BCUT2D eigenvalue weighted by atomic mass is 32.2. The molecule has 0 saturated heterocycles. The lowest BCUT2D eigenvalue weighted by molar-refractivity contribution is -0.129. The van der Waals surface area contributed by atoms with Gasteiger partial charge < -0.3 is 20.3 Å². The minimum Gasteiger partial charge on any atom is -0.465 e. The van der Waals surface area contributed by atoms with Gasteiger partial charge in [0.05, 0.1) is 25.3 Å². The fourth-order valence-electron chi connectivity index (χ4n) is 4.89. The molecule has 13 heteroatoms. The van der Waals surface area contributed by atoms with Gasteiger partial charge in [0.1, 0.15) is 11.7 Å². The third-order valence-corrected chi connectivity index (χ3v) is 7.99. The lowest BCUT2D eigenvalue weighted by Gasteiger charge is -2.27. The van der Waals surface area contributed by atoms with E-state index in [0.29, 0.717) is 36.8 Å². The number of esters is 1. The zero-order valence-corrected chi connectivity index (χ0v) is 26.3. The molecule has 3 heterocycles. The molecule has 0 bridgehead atoms. The van der Waals surface area contributed by atoms with Gasteiger partial charge >= 0.3 is 5.97 Å². The molecule has 44 heavy (non-hydrogen) atoms. The summed E-state index contributed by atoms with van der Waals surface area (Å²) in [4.78, 5) is 62.7. The van der Waals surface area contributed by atoms with Crippen molar-refractivity contribution >= 4 is 35.5 Å². The van der Waals surface area contributed by atoms with E-state index in [9.17, 15) is 19.2 Å². The Hall–Kier alpha value is -4.26. The van der Waals surface area contributed by atoms with Crippen LogP contribution in [0.1, 0.15) is 65.8 Å². The smallest absolute Gasteiger partial charge is 0.339 e. The Morgan fingerprint density at radius 2 is 1.84 bits per heavy atom. The van der Waals surface area contributed by atoms with E-state index in [1.165, 1.54) is 25.4 Å². The fraction of sp³-hybridized carbons (Fsp3) is 0.452. The maximum absolute atomic E-state index is 13.6. The summed E-state index contributed by atoms with van der Waals surface area (Å²) in [5, 5.41) is 10.8. The van der Waals surface area contributed by atoms with Crippen LogP contribution < -0.4 is 10.6 Å². The van der Waals surface area contributed by atoms with Crippen molar-refractivity contribution in [2.24, 2.45) is 5.92 Å². The average Bonchev–Trinajstić information content (AvgIpc) is 3.46. The fourth-order valence-corrected chi connectivity index (χ4v) is 5.37. The van der Waals surface area contributed by atoms with Crippen molar-refractivity contribution in [3.63, 3.8) is 0 Å². The van der Waals surface area contributed by atoms with Gasteiger partial charge in [0.2, 0.25) is 11.8 Å². The van der Waals surface area contributed by atoms with Crippen molar-refractivity contribution in [1.82, 2.24) is 35.3 Å². The van der Waals surface area contributed by atoms with E-state index in [1.807, 2.05) is 50.4 Å². The number of benzene rings is 1. The van der Waals surface area contributed by atoms with E-state index in [2.05, 4.69) is 15.6 Å². The maximum Gasteiger partial charge on any atom is 0.339 e. The molecule has 1 aromatic carbocycles. The Kier molecular flexibility index (Phi) is 11.5. The van der Waals surface area contributed by atoms with Crippen LogP contribution in [0.4, 0.5) is 0 Å². The molecule has 4 rings (SSSR count). The summed E-state index contributed by atoms with van der Waals surface area (Å²) in [7, 11) is 1.28. The van der Waals surface area contributed by atoms with Crippen LogP contribution in [0.5, 0.6) is 0 Å². The van der Waals surface area contributed by atoms with E-state index >= 15 is 0 Å². The largest absolute Gasteiger partial charge is 0.465 e. The summed E-state index contributed by atoms with van der Waals surface area (Å²) < 4.78 is 6.49. The number of fused-ring (bicyclic) bond motifs is 1. The standard InChI is InChI=1S/C31H39N7O5S/c1-20(2)26-28-35-27(21-9-6-5-7-10-21)36-38(28)17-16-37(30(41)24-13-12-22(19-32-24)31(42)43-3)15-8-11-25(39)33-23(14-18-44-4)29(40)34-26/h5-7,9-10,12-13,19-20,23,26H,8,11,14-18H2,1-4H3,(H,33,39)(H,34,40)/t23-,26+/m0/s1. The minimum atomic E-state index is -0.709. The Morgan fingerprint density at radius 1 is 1.07 bits per heavy atom. The van der Waals surface area contributed by atoms with E-state index in [-0.39, 0.29) is 54.4 Å². The van der Waals surface area contributed by atoms with Gasteiger partial charge in [0, 0.05) is 31.3 Å². The topological polar surface area (TPSA) is 148 Å². The Labute approximate surface area is 261 Å². The molecule has 2 atom stereocenters. The van der Waals surface area contributed by atoms with Crippen LogP contribution in [0.3, 0.4) is 0 Å².